The number of ether oxygens (including phenoxy) is 3. The Labute approximate surface area is 527 Å². The zero-order chi connectivity index (χ0) is 62.4. The maximum absolute atomic E-state index is 13.5. The molecule has 498 valence electrons. The minimum atomic E-state index is -1.65. The summed E-state index contributed by atoms with van der Waals surface area (Å²) in [4.78, 5) is 26.6. The first-order chi connectivity index (χ1) is 42.2. The molecule has 1 rings (SSSR count). The number of allylic oxidation sites excluding steroid dienone is 13. The van der Waals surface area contributed by atoms with Crippen LogP contribution < -0.4 is 5.32 Å². The van der Waals surface area contributed by atoms with Gasteiger partial charge in [-0.25, -0.2) is 0 Å². The van der Waals surface area contributed by atoms with Crippen molar-refractivity contribution in [2.24, 2.45) is 0 Å². The van der Waals surface area contributed by atoms with E-state index in [2.05, 4.69) is 86.8 Å². The number of aliphatic hydroxyl groups is 5. The molecule has 1 saturated heterocycles. The molecule has 0 bridgehead atoms. The average Bonchev–Trinajstić information content (AvgIpc) is 3.01. The summed E-state index contributed by atoms with van der Waals surface area (Å²) in [7, 11) is 0. The summed E-state index contributed by atoms with van der Waals surface area (Å²) < 4.78 is 17.6. The van der Waals surface area contributed by atoms with E-state index in [1.54, 1.807) is 6.08 Å². The molecule has 1 aliphatic rings. The van der Waals surface area contributed by atoms with Gasteiger partial charge in [0.2, 0.25) is 5.91 Å². The minimum Gasteiger partial charge on any atom is -0.454 e. The molecule has 1 aliphatic heterocycles. The number of aliphatic hydroxyl groups excluding tert-OH is 5. The average molecular weight is 1210 g/mol. The van der Waals surface area contributed by atoms with Crippen molar-refractivity contribution in [2.45, 2.75) is 365 Å². The Kier molecular flexibility index (Phi) is 58.3. The van der Waals surface area contributed by atoms with E-state index >= 15 is 0 Å². The van der Waals surface area contributed by atoms with Crippen LogP contribution in [0.4, 0.5) is 0 Å². The Balaban J connectivity index is 2.58. The molecule has 1 amide bonds. The third-order valence-corrected chi connectivity index (χ3v) is 16.6. The lowest BCUT2D eigenvalue weighted by molar-refractivity contribution is -0.305. The van der Waals surface area contributed by atoms with E-state index in [-0.39, 0.29) is 19.4 Å². The van der Waals surface area contributed by atoms with Crippen LogP contribution in [0.15, 0.2) is 85.1 Å². The monoisotopic (exact) mass is 1210 g/mol. The second-order valence-electron chi connectivity index (χ2n) is 24.6. The molecular weight excluding hydrogens is 1070 g/mol. The lowest BCUT2D eigenvalue weighted by Crippen LogP contribution is -2.61. The van der Waals surface area contributed by atoms with Gasteiger partial charge < -0.3 is 45.1 Å². The molecule has 1 fully saturated rings. The van der Waals surface area contributed by atoms with Gasteiger partial charge in [-0.2, -0.15) is 0 Å². The van der Waals surface area contributed by atoms with Crippen LogP contribution in [0.3, 0.4) is 0 Å². The van der Waals surface area contributed by atoms with Gasteiger partial charge in [-0.1, -0.05) is 331 Å². The summed E-state index contributed by atoms with van der Waals surface area (Å²) in [5, 5.41) is 57.2. The van der Waals surface area contributed by atoms with E-state index < -0.39 is 67.4 Å². The number of carbonyl (C=O) groups is 2. The highest BCUT2D eigenvalue weighted by atomic mass is 16.7. The number of hydrogen-bond donors (Lipinski definition) is 6. The molecule has 0 aromatic heterocycles. The molecule has 11 heteroatoms. The topological polar surface area (TPSA) is 175 Å². The molecule has 8 unspecified atom stereocenters. The van der Waals surface area contributed by atoms with E-state index in [0.717, 1.165) is 70.6 Å². The molecule has 1 heterocycles. The van der Waals surface area contributed by atoms with Crippen LogP contribution in [0.5, 0.6) is 0 Å². The molecule has 86 heavy (non-hydrogen) atoms. The van der Waals surface area contributed by atoms with Crippen LogP contribution in [0.2, 0.25) is 0 Å². The van der Waals surface area contributed by atoms with Crippen molar-refractivity contribution >= 4 is 11.9 Å². The molecule has 0 radical (unpaired) electrons. The maximum atomic E-state index is 13.5. The van der Waals surface area contributed by atoms with E-state index in [1.165, 1.54) is 193 Å². The fourth-order valence-electron chi connectivity index (χ4n) is 11.0. The van der Waals surface area contributed by atoms with Crippen LogP contribution in [0.25, 0.3) is 0 Å². The molecule has 11 nitrogen and oxygen atoms in total. The summed E-state index contributed by atoms with van der Waals surface area (Å²) in [5.74, 6) is -1.28. The Morgan fingerprint density at radius 1 is 0.465 bits per heavy atom. The van der Waals surface area contributed by atoms with Crippen molar-refractivity contribution in [3.8, 4) is 0 Å². The SMILES string of the molecule is CC/C=C\C/C=C\C/C=C\C/C=C\C/C=C\C/C=C\CCC(=O)OC1C(OCC(NC(=O)C(O)CCCCCCCCCCCCCCCCCCCCCCCCCCCC)C(O)/C=C/CCCCCCCCCCCC)OC(CO)C(O)C1O. The predicted molar refractivity (Wildman–Crippen MR) is 361 cm³/mol. The van der Waals surface area contributed by atoms with Gasteiger partial charge in [-0.05, 0) is 64.2 Å². The van der Waals surface area contributed by atoms with Gasteiger partial charge >= 0.3 is 5.97 Å². The second kappa shape index (κ2) is 62.1. The largest absolute Gasteiger partial charge is 0.454 e. The Morgan fingerprint density at radius 3 is 1.23 bits per heavy atom. The molecular formula is C75H133NO10. The Morgan fingerprint density at radius 2 is 0.837 bits per heavy atom. The van der Waals surface area contributed by atoms with Gasteiger partial charge in [0, 0.05) is 6.42 Å². The van der Waals surface area contributed by atoms with E-state index in [1.807, 2.05) is 18.2 Å². The van der Waals surface area contributed by atoms with Gasteiger partial charge in [0.15, 0.2) is 12.4 Å². The summed E-state index contributed by atoms with van der Waals surface area (Å²) in [6, 6.07) is -1.04. The van der Waals surface area contributed by atoms with Gasteiger partial charge in [-0.15, -0.1) is 0 Å². The summed E-state index contributed by atoms with van der Waals surface area (Å²) in [6.07, 6.45) is 72.3. The summed E-state index contributed by atoms with van der Waals surface area (Å²) in [5.41, 5.74) is 0. The van der Waals surface area contributed by atoms with Crippen LogP contribution in [-0.4, -0.2) is 99.6 Å². The highest BCUT2D eigenvalue weighted by molar-refractivity contribution is 5.80. The molecule has 0 spiro atoms. The lowest BCUT2D eigenvalue weighted by Gasteiger charge is -2.41. The molecule has 0 aromatic rings. The van der Waals surface area contributed by atoms with E-state index in [9.17, 15) is 35.1 Å². The number of carbonyl (C=O) groups excluding carboxylic acids is 2. The standard InChI is InChI=1S/C75H133NO10/c1-4-7-10-13-16-19-22-25-27-29-31-32-33-34-35-36-37-39-40-42-44-47-50-53-56-59-62-68(79)74(83)76-66(67(78)61-58-55-52-49-46-24-21-18-15-12-9-6-3)65-84-75-73(72(82)71(81)69(64-77)85-75)86-70(80)63-60-57-54-51-48-45-43-41-38-30-28-26-23-20-17-14-11-8-5-2/h8,11,17,20,26,28,38,41,45,48,54,57-58,61,66-69,71-73,75,77-79,81-82H,4-7,9-10,12-16,18-19,21-25,27,29-37,39-40,42-44,46-47,49-53,55-56,59-60,62-65H2,1-3H3,(H,76,83)/b11-8-,20-17-,28-26-,41-38-,48-45-,57-54-,61-58+. The van der Waals surface area contributed by atoms with Crippen molar-refractivity contribution in [3.05, 3.63) is 85.1 Å². The second-order valence-corrected chi connectivity index (χ2v) is 24.6. The first-order valence-corrected chi connectivity index (χ1v) is 35.9. The number of rotatable bonds is 61. The molecule has 6 N–H and O–H groups in total. The van der Waals surface area contributed by atoms with Crippen molar-refractivity contribution in [1.29, 1.82) is 0 Å². The number of nitrogens with one attached hydrogen (secondary N) is 1. The fourth-order valence-corrected chi connectivity index (χ4v) is 11.0. The predicted octanol–water partition coefficient (Wildman–Crippen LogP) is 18.5. The third kappa shape index (κ3) is 48.7. The van der Waals surface area contributed by atoms with Crippen molar-refractivity contribution < 1.29 is 49.3 Å². The van der Waals surface area contributed by atoms with E-state index in [4.69, 9.17) is 14.2 Å². The number of unbranched alkanes of at least 4 members (excludes halogenated alkanes) is 35. The molecule has 0 aromatic carbocycles. The van der Waals surface area contributed by atoms with Crippen LogP contribution in [0, 0.1) is 0 Å². The first kappa shape index (κ1) is 80.9. The molecule has 0 saturated carbocycles. The normalized spacial score (nSPS) is 18.8. The van der Waals surface area contributed by atoms with Crippen LogP contribution in [-0.2, 0) is 23.8 Å². The van der Waals surface area contributed by atoms with Gasteiger partial charge in [0.25, 0.3) is 0 Å². The van der Waals surface area contributed by atoms with E-state index in [0.29, 0.717) is 19.3 Å². The Bertz CT molecular complexity index is 1720. The number of esters is 1. The zero-order valence-corrected chi connectivity index (χ0v) is 55.4. The minimum absolute atomic E-state index is 0.00355. The fraction of sp³-hybridized carbons (Fsp3) is 0.787. The zero-order valence-electron chi connectivity index (χ0n) is 55.4. The van der Waals surface area contributed by atoms with Crippen LogP contribution >= 0.6 is 0 Å². The smallest absolute Gasteiger partial charge is 0.306 e. The lowest BCUT2D eigenvalue weighted by atomic mass is 9.99. The van der Waals surface area contributed by atoms with Crippen molar-refractivity contribution in [3.63, 3.8) is 0 Å². The molecule has 8 atom stereocenters. The quantitative estimate of drug-likeness (QED) is 0.0195. The van der Waals surface area contributed by atoms with Crippen molar-refractivity contribution in [2.75, 3.05) is 13.2 Å². The molecule has 0 aliphatic carbocycles. The van der Waals surface area contributed by atoms with Gasteiger partial charge in [0.1, 0.15) is 24.4 Å². The highest BCUT2D eigenvalue weighted by Crippen LogP contribution is 2.26. The van der Waals surface area contributed by atoms with Gasteiger partial charge in [0.05, 0.1) is 25.4 Å². The first-order valence-electron chi connectivity index (χ1n) is 35.9. The maximum Gasteiger partial charge on any atom is 0.306 e. The Hall–Kier alpha value is -3.16. The summed E-state index contributed by atoms with van der Waals surface area (Å²) in [6.45, 7) is 5.67. The number of hydrogen-bond acceptors (Lipinski definition) is 10. The highest BCUT2D eigenvalue weighted by Gasteiger charge is 2.47. The third-order valence-electron chi connectivity index (χ3n) is 16.6. The van der Waals surface area contributed by atoms with Crippen molar-refractivity contribution in [1.82, 2.24) is 5.32 Å². The number of amides is 1. The van der Waals surface area contributed by atoms with Gasteiger partial charge in [-0.3, -0.25) is 9.59 Å². The summed E-state index contributed by atoms with van der Waals surface area (Å²) >= 11 is 0. The van der Waals surface area contributed by atoms with Crippen LogP contribution in [0.1, 0.15) is 316 Å².